The van der Waals surface area contributed by atoms with Gasteiger partial charge in [-0.15, -0.1) is 0 Å². The van der Waals surface area contributed by atoms with Gasteiger partial charge < -0.3 is 25.8 Å². The Morgan fingerprint density at radius 3 is 2.62 bits per heavy atom. The lowest BCUT2D eigenvalue weighted by atomic mass is 10.0. The van der Waals surface area contributed by atoms with E-state index < -0.39 is 6.04 Å². The van der Waals surface area contributed by atoms with Gasteiger partial charge in [-0.05, 0) is 51.1 Å². The number of aromatic nitrogens is 2. The molecule has 0 spiro atoms. The van der Waals surface area contributed by atoms with Crippen LogP contribution >= 0.6 is 0 Å². The van der Waals surface area contributed by atoms with Crippen molar-refractivity contribution in [1.29, 1.82) is 0 Å². The van der Waals surface area contributed by atoms with Crippen molar-refractivity contribution in [2.75, 3.05) is 51.4 Å². The number of halogens is 1. The van der Waals surface area contributed by atoms with Crippen molar-refractivity contribution in [2.24, 2.45) is 5.92 Å². The fraction of sp³-hybridized carbons (Fsp3) is 0.467. The standard InChI is InChI=1S/C30H42FN7O2/c1-7-17-32-28-23(21-34-30(36-28)35-25-15-11-14-24(31)20-25)13-9-8-10-18-33-29(40)27(22(2)3)38(6)26(39)16-12-19-37(4)5/h11-12,14-16,20-22,27H,7-8,10,17-19H2,1-6H3,(H,33,40)(H2,32,34,35,36)/b16-12+/t27-/m0/s1. The summed E-state index contributed by atoms with van der Waals surface area (Å²) in [6.07, 6.45) is 7.06. The van der Waals surface area contributed by atoms with Crippen LogP contribution in [0.3, 0.4) is 0 Å². The van der Waals surface area contributed by atoms with Gasteiger partial charge >= 0.3 is 0 Å². The number of carbonyl (C=O) groups excluding carboxylic acids is 2. The Bertz CT molecular complexity index is 1200. The molecule has 0 bridgehead atoms. The molecule has 0 aliphatic rings. The van der Waals surface area contributed by atoms with Crippen molar-refractivity contribution in [3.8, 4) is 11.8 Å². The third-order valence-corrected chi connectivity index (χ3v) is 5.81. The molecule has 2 amide bonds. The summed E-state index contributed by atoms with van der Waals surface area (Å²) in [7, 11) is 5.50. The first kappa shape index (κ1) is 32.2. The zero-order chi connectivity index (χ0) is 29.5. The van der Waals surface area contributed by atoms with Gasteiger partial charge in [0.1, 0.15) is 17.7 Å². The summed E-state index contributed by atoms with van der Waals surface area (Å²) in [6.45, 7) is 7.72. The van der Waals surface area contributed by atoms with Crippen molar-refractivity contribution in [3.05, 3.63) is 54.0 Å². The second kappa shape index (κ2) is 16.9. The largest absolute Gasteiger partial charge is 0.369 e. The molecule has 0 aliphatic carbocycles. The molecular formula is C30H42FN7O2. The maximum Gasteiger partial charge on any atom is 0.246 e. The molecule has 1 heterocycles. The number of hydrogen-bond acceptors (Lipinski definition) is 7. The van der Waals surface area contributed by atoms with Crippen LogP contribution in [0.1, 0.15) is 45.6 Å². The summed E-state index contributed by atoms with van der Waals surface area (Å²) < 4.78 is 13.5. The van der Waals surface area contributed by atoms with Crippen LogP contribution in [0.2, 0.25) is 0 Å². The van der Waals surface area contributed by atoms with E-state index in [1.54, 1.807) is 31.5 Å². The Hall–Kier alpha value is -3.97. The van der Waals surface area contributed by atoms with Crippen molar-refractivity contribution >= 4 is 29.3 Å². The van der Waals surface area contributed by atoms with Crippen molar-refractivity contribution < 1.29 is 14.0 Å². The summed E-state index contributed by atoms with van der Waals surface area (Å²) in [5.41, 5.74) is 1.21. The Kier molecular flexibility index (Phi) is 13.6. The first-order valence-corrected chi connectivity index (χ1v) is 13.6. The molecule has 40 heavy (non-hydrogen) atoms. The molecule has 0 aliphatic heterocycles. The average molecular weight is 552 g/mol. The zero-order valence-electron chi connectivity index (χ0n) is 24.4. The average Bonchev–Trinajstić information content (AvgIpc) is 2.89. The third kappa shape index (κ3) is 11.0. The van der Waals surface area contributed by atoms with Gasteiger partial charge in [0.15, 0.2) is 0 Å². The summed E-state index contributed by atoms with van der Waals surface area (Å²) in [6, 6.07) is 5.53. The minimum atomic E-state index is -0.563. The van der Waals surface area contributed by atoms with Gasteiger partial charge in [-0.2, -0.15) is 4.98 Å². The van der Waals surface area contributed by atoms with Crippen LogP contribution in [0.5, 0.6) is 0 Å². The number of rotatable bonds is 14. The van der Waals surface area contributed by atoms with Crippen molar-refractivity contribution in [2.45, 2.75) is 46.1 Å². The first-order valence-electron chi connectivity index (χ1n) is 13.6. The molecule has 0 saturated heterocycles. The third-order valence-electron chi connectivity index (χ3n) is 5.81. The van der Waals surface area contributed by atoms with Gasteiger partial charge in [-0.25, -0.2) is 9.37 Å². The number of anilines is 3. The number of unbranched alkanes of at least 4 members (excludes halogenated alkanes) is 1. The molecule has 9 nitrogen and oxygen atoms in total. The van der Waals surface area contributed by atoms with Crippen LogP contribution < -0.4 is 16.0 Å². The van der Waals surface area contributed by atoms with Gasteiger partial charge in [0.05, 0.1) is 11.8 Å². The maximum absolute atomic E-state index is 13.5. The second-order valence-electron chi connectivity index (χ2n) is 10.0. The highest BCUT2D eigenvalue weighted by Crippen LogP contribution is 2.18. The molecule has 2 rings (SSSR count). The molecule has 1 aromatic heterocycles. The van der Waals surface area contributed by atoms with Crippen LogP contribution in [-0.4, -0.2) is 78.4 Å². The molecule has 2 aromatic rings. The highest BCUT2D eigenvalue weighted by atomic mass is 19.1. The SMILES string of the molecule is CCCNc1nc(Nc2cccc(F)c2)ncc1C#CCCCNC(=O)[C@H](C(C)C)N(C)C(=O)/C=C/CN(C)C. The molecule has 10 heteroatoms. The number of carbonyl (C=O) groups is 2. The van der Waals surface area contributed by atoms with E-state index in [9.17, 15) is 14.0 Å². The van der Waals surface area contributed by atoms with E-state index >= 15 is 0 Å². The smallest absolute Gasteiger partial charge is 0.246 e. The normalized spacial score (nSPS) is 11.7. The van der Waals surface area contributed by atoms with E-state index in [1.165, 1.54) is 23.1 Å². The van der Waals surface area contributed by atoms with E-state index in [4.69, 9.17) is 0 Å². The molecule has 0 radical (unpaired) electrons. The molecular weight excluding hydrogens is 509 g/mol. The summed E-state index contributed by atoms with van der Waals surface area (Å²) >= 11 is 0. The highest BCUT2D eigenvalue weighted by Gasteiger charge is 2.28. The summed E-state index contributed by atoms with van der Waals surface area (Å²) in [5.74, 6) is 6.41. The van der Waals surface area contributed by atoms with Gasteiger partial charge in [-0.1, -0.05) is 44.8 Å². The first-order chi connectivity index (χ1) is 19.1. The minimum Gasteiger partial charge on any atom is -0.369 e. The topological polar surface area (TPSA) is 102 Å². The van der Waals surface area contributed by atoms with Crippen LogP contribution in [-0.2, 0) is 9.59 Å². The van der Waals surface area contributed by atoms with Crippen LogP contribution in [0.15, 0.2) is 42.6 Å². The maximum atomic E-state index is 13.5. The Labute approximate surface area is 237 Å². The van der Waals surface area contributed by atoms with Gasteiger partial charge in [-0.3, -0.25) is 9.59 Å². The molecule has 0 fully saturated rings. The van der Waals surface area contributed by atoms with Crippen LogP contribution in [0.4, 0.5) is 21.8 Å². The Balaban J connectivity index is 1.94. The summed E-state index contributed by atoms with van der Waals surface area (Å²) in [5, 5.41) is 9.21. The predicted octanol–water partition coefficient (Wildman–Crippen LogP) is 4.03. The van der Waals surface area contributed by atoms with E-state index in [0.717, 1.165) is 13.0 Å². The molecule has 0 unspecified atom stereocenters. The second-order valence-corrected chi connectivity index (χ2v) is 10.0. The van der Waals surface area contributed by atoms with E-state index in [1.807, 2.05) is 32.8 Å². The quantitative estimate of drug-likeness (QED) is 0.185. The lowest BCUT2D eigenvalue weighted by molar-refractivity contribution is -0.137. The van der Waals surface area contributed by atoms with E-state index in [-0.39, 0.29) is 23.5 Å². The molecule has 1 atom stereocenters. The van der Waals surface area contributed by atoms with E-state index in [2.05, 4.69) is 44.7 Å². The number of benzene rings is 1. The fourth-order valence-electron chi connectivity index (χ4n) is 3.80. The number of nitrogens with zero attached hydrogens (tertiary/aromatic N) is 4. The minimum absolute atomic E-state index is 0.0385. The monoisotopic (exact) mass is 551 g/mol. The van der Waals surface area contributed by atoms with Crippen molar-refractivity contribution in [1.82, 2.24) is 25.1 Å². The number of likely N-dealkylation sites (N-methyl/N-ethyl adjacent to an activating group) is 2. The molecule has 0 saturated carbocycles. The fourth-order valence-corrected chi connectivity index (χ4v) is 3.80. The van der Waals surface area contributed by atoms with Crippen LogP contribution in [0.25, 0.3) is 0 Å². The van der Waals surface area contributed by atoms with Crippen molar-refractivity contribution in [3.63, 3.8) is 0 Å². The molecule has 1 aromatic carbocycles. The highest BCUT2D eigenvalue weighted by molar-refractivity contribution is 5.92. The lowest BCUT2D eigenvalue weighted by Gasteiger charge is -2.29. The Morgan fingerprint density at radius 1 is 1.18 bits per heavy atom. The van der Waals surface area contributed by atoms with Gasteiger partial charge in [0.2, 0.25) is 17.8 Å². The molecule has 3 N–H and O–H groups in total. The molecule has 216 valence electrons. The number of hydrogen-bond donors (Lipinski definition) is 3. The number of amides is 2. The van der Waals surface area contributed by atoms with Gasteiger partial charge in [0.25, 0.3) is 0 Å². The summed E-state index contributed by atoms with van der Waals surface area (Å²) in [4.78, 5) is 37.7. The Morgan fingerprint density at radius 2 is 1.95 bits per heavy atom. The van der Waals surface area contributed by atoms with E-state index in [0.29, 0.717) is 48.9 Å². The lowest BCUT2D eigenvalue weighted by Crippen LogP contribution is -2.50. The number of nitrogens with one attached hydrogen (secondary N) is 3. The predicted molar refractivity (Wildman–Crippen MR) is 159 cm³/mol. The van der Waals surface area contributed by atoms with Crippen LogP contribution in [0, 0.1) is 23.6 Å². The zero-order valence-corrected chi connectivity index (χ0v) is 24.4. The van der Waals surface area contributed by atoms with Gasteiger partial charge in [0, 0.05) is 44.9 Å².